The van der Waals surface area contributed by atoms with Crippen LogP contribution in [-0.2, 0) is 6.42 Å². The molecule has 0 aliphatic heterocycles. The molecule has 2 amide bonds. The van der Waals surface area contributed by atoms with Crippen LogP contribution in [0.1, 0.15) is 23.6 Å². The highest BCUT2D eigenvalue weighted by Crippen LogP contribution is 2.35. The van der Waals surface area contributed by atoms with E-state index in [-0.39, 0.29) is 12.1 Å². The van der Waals surface area contributed by atoms with Crippen LogP contribution in [0.25, 0.3) is 10.2 Å². The molecule has 116 valence electrons. The van der Waals surface area contributed by atoms with E-state index in [1.807, 2.05) is 42.5 Å². The molecule has 0 saturated heterocycles. The van der Waals surface area contributed by atoms with Gasteiger partial charge >= 0.3 is 6.03 Å². The number of carbonyl (C=O) groups excluding carboxylic acids is 1. The third-order valence-electron chi connectivity index (χ3n) is 4.03. The number of carbonyl (C=O) groups is 1. The zero-order chi connectivity index (χ0) is 15.8. The number of thiazole rings is 1. The Balaban J connectivity index is 1.48. The van der Waals surface area contributed by atoms with Crippen molar-refractivity contribution in [3.63, 3.8) is 0 Å². The zero-order valence-corrected chi connectivity index (χ0v) is 13.7. The zero-order valence-electron chi connectivity index (χ0n) is 12.2. The largest absolute Gasteiger partial charge is 0.331 e. The summed E-state index contributed by atoms with van der Waals surface area (Å²) in [4.78, 5) is 16.7. The summed E-state index contributed by atoms with van der Waals surface area (Å²) < 4.78 is 1.06. The lowest BCUT2D eigenvalue weighted by molar-refractivity contribution is 0.248. The van der Waals surface area contributed by atoms with Gasteiger partial charge in [0.2, 0.25) is 0 Å². The van der Waals surface area contributed by atoms with Crippen molar-refractivity contribution in [3.05, 3.63) is 58.6 Å². The highest BCUT2D eigenvalue weighted by molar-refractivity contribution is 7.22. The molecule has 1 atom stereocenters. The van der Waals surface area contributed by atoms with Crippen LogP contribution in [0.2, 0.25) is 5.02 Å². The van der Waals surface area contributed by atoms with Gasteiger partial charge in [-0.3, -0.25) is 5.32 Å². The van der Waals surface area contributed by atoms with Gasteiger partial charge in [-0.15, -0.1) is 0 Å². The number of anilines is 1. The number of aromatic nitrogens is 1. The summed E-state index contributed by atoms with van der Waals surface area (Å²) in [5.74, 6) is 0. The minimum absolute atomic E-state index is 0.00178. The summed E-state index contributed by atoms with van der Waals surface area (Å²) in [5, 5.41) is 7.22. The molecule has 2 aromatic carbocycles. The summed E-state index contributed by atoms with van der Waals surface area (Å²) in [5.41, 5.74) is 3.14. The molecule has 1 aromatic heterocycles. The fourth-order valence-electron chi connectivity index (χ4n) is 2.98. The number of hydrogen-bond acceptors (Lipinski definition) is 3. The maximum absolute atomic E-state index is 12.3. The maximum atomic E-state index is 12.3. The molecule has 0 radical (unpaired) electrons. The molecule has 4 nitrogen and oxygen atoms in total. The van der Waals surface area contributed by atoms with Gasteiger partial charge in [0.15, 0.2) is 5.13 Å². The van der Waals surface area contributed by atoms with Crippen molar-refractivity contribution in [2.24, 2.45) is 0 Å². The number of nitrogens with one attached hydrogen (secondary N) is 2. The van der Waals surface area contributed by atoms with E-state index in [2.05, 4.69) is 15.6 Å². The SMILES string of the molecule is O=C(Nc1nc2ccccc2s1)NC1CCc2c(Cl)cccc21. The van der Waals surface area contributed by atoms with Gasteiger partial charge in [-0.05, 0) is 42.2 Å². The van der Waals surface area contributed by atoms with E-state index in [0.29, 0.717) is 5.13 Å². The first-order valence-electron chi connectivity index (χ1n) is 7.41. The minimum Gasteiger partial charge on any atom is -0.331 e. The Labute approximate surface area is 142 Å². The third kappa shape index (κ3) is 2.78. The molecule has 1 heterocycles. The Kier molecular flexibility index (Phi) is 3.67. The van der Waals surface area contributed by atoms with Gasteiger partial charge in [-0.25, -0.2) is 9.78 Å². The first kappa shape index (κ1) is 14.5. The fourth-order valence-corrected chi connectivity index (χ4v) is 4.11. The van der Waals surface area contributed by atoms with Crippen LogP contribution in [0.3, 0.4) is 0 Å². The fraction of sp³-hybridized carbons (Fsp3) is 0.176. The number of nitrogens with zero attached hydrogens (tertiary/aromatic N) is 1. The smallest absolute Gasteiger partial charge is 0.321 e. The average molecular weight is 344 g/mol. The van der Waals surface area contributed by atoms with Gasteiger partial charge in [0.25, 0.3) is 0 Å². The number of fused-ring (bicyclic) bond motifs is 2. The van der Waals surface area contributed by atoms with E-state index in [4.69, 9.17) is 11.6 Å². The molecular formula is C17H14ClN3OS. The molecule has 0 saturated carbocycles. The molecule has 4 rings (SSSR count). The highest BCUT2D eigenvalue weighted by Gasteiger charge is 2.25. The third-order valence-corrected chi connectivity index (χ3v) is 5.34. The van der Waals surface area contributed by atoms with E-state index < -0.39 is 0 Å². The van der Waals surface area contributed by atoms with Gasteiger partial charge in [-0.1, -0.05) is 47.2 Å². The first-order chi connectivity index (χ1) is 11.2. The molecule has 1 aliphatic carbocycles. The maximum Gasteiger partial charge on any atom is 0.321 e. The topological polar surface area (TPSA) is 54.0 Å². The molecule has 1 unspecified atom stereocenters. The molecule has 3 aromatic rings. The Morgan fingerprint density at radius 1 is 1.22 bits per heavy atom. The number of hydrogen-bond donors (Lipinski definition) is 2. The summed E-state index contributed by atoms with van der Waals surface area (Å²) in [6.45, 7) is 0. The van der Waals surface area contributed by atoms with Crippen molar-refractivity contribution < 1.29 is 4.79 Å². The molecule has 2 N–H and O–H groups in total. The lowest BCUT2D eigenvalue weighted by atomic mass is 10.1. The Morgan fingerprint density at radius 3 is 2.96 bits per heavy atom. The van der Waals surface area contributed by atoms with Crippen molar-refractivity contribution in [1.82, 2.24) is 10.3 Å². The van der Waals surface area contributed by atoms with Crippen molar-refractivity contribution >= 4 is 44.3 Å². The van der Waals surface area contributed by atoms with Crippen molar-refractivity contribution in [2.75, 3.05) is 5.32 Å². The monoisotopic (exact) mass is 343 g/mol. The van der Waals surface area contributed by atoms with Crippen molar-refractivity contribution in [3.8, 4) is 0 Å². The van der Waals surface area contributed by atoms with E-state index in [1.165, 1.54) is 11.3 Å². The average Bonchev–Trinajstić information content (AvgIpc) is 3.12. The van der Waals surface area contributed by atoms with Crippen LogP contribution in [-0.4, -0.2) is 11.0 Å². The van der Waals surface area contributed by atoms with Crippen LogP contribution in [0.5, 0.6) is 0 Å². The van der Waals surface area contributed by atoms with Crippen molar-refractivity contribution in [1.29, 1.82) is 0 Å². The normalized spacial score (nSPS) is 16.3. The molecule has 0 fully saturated rings. The van der Waals surface area contributed by atoms with E-state index in [9.17, 15) is 4.79 Å². The molecule has 0 spiro atoms. The Morgan fingerprint density at radius 2 is 2.09 bits per heavy atom. The van der Waals surface area contributed by atoms with E-state index in [0.717, 1.165) is 39.2 Å². The molecule has 23 heavy (non-hydrogen) atoms. The van der Waals surface area contributed by atoms with Crippen molar-refractivity contribution in [2.45, 2.75) is 18.9 Å². The van der Waals surface area contributed by atoms with Gasteiger partial charge in [0.05, 0.1) is 16.3 Å². The van der Waals surface area contributed by atoms with Crippen LogP contribution >= 0.6 is 22.9 Å². The van der Waals surface area contributed by atoms with Crippen LogP contribution in [0.4, 0.5) is 9.93 Å². The number of para-hydroxylation sites is 1. The van der Waals surface area contributed by atoms with E-state index in [1.54, 1.807) is 0 Å². The second-order valence-electron chi connectivity index (χ2n) is 5.48. The van der Waals surface area contributed by atoms with E-state index >= 15 is 0 Å². The summed E-state index contributed by atoms with van der Waals surface area (Å²) >= 11 is 7.68. The highest BCUT2D eigenvalue weighted by atomic mass is 35.5. The first-order valence-corrected chi connectivity index (χ1v) is 8.60. The van der Waals surface area contributed by atoms with Crippen LogP contribution < -0.4 is 10.6 Å². The number of amides is 2. The Bertz CT molecular complexity index is 859. The second kappa shape index (κ2) is 5.83. The van der Waals surface area contributed by atoms with Gasteiger partial charge < -0.3 is 5.32 Å². The lowest BCUT2D eigenvalue weighted by Crippen LogP contribution is -2.31. The van der Waals surface area contributed by atoms with Crippen LogP contribution in [0, 0.1) is 0 Å². The lowest BCUT2D eigenvalue weighted by Gasteiger charge is -2.14. The molecule has 6 heteroatoms. The van der Waals surface area contributed by atoms with Crippen LogP contribution in [0.15, 0.2) is 42.5 Å². The number of benzene rings is 2. The molecular weight excluding hydrogens is 330 g/mol. The minimum atomic E-state index is -0.234. The summed E-state index contributed by atoms with van der Waals surface area (Å²) in [7, 11) is 0. The Hall–Kier alpha value is -2.11. The number of rotatable bonds is 2. The summed E-state index contributed by atoms with van der Waals surface area (Å²) in [6, 6.07) is 13.4. The summed E-state index contributed by atoms with van der Waals surface area (Å²) in [6.07, 6.45) is 1.76. The standard InChI is InChI=1S/C17H14ClN3OS/c18-12-5-3-4-11-10(12)8-9-13(11)19-16(22)21-17-20-14-6-1-2-7-15(14)23-17/h1-7,13H,8-9H2,(H2,19,20,21,22). The predicted molar refractivity (Wildman–Crippen MR) is 94.3 cm³/mol. The van der Waals surface area contributed by atoms with Gasteiger partial charge in [0, 0.05) is 5.02 Å². The molecule has 0 bridgehead atoms. The van der Waals surface area contributed by atoms with Gasteiger partial charge in [0.1, 0.15) is 0 Å². The van der Waals surface area contributed by atoms with Gasteiger partial charge in [-0.2, -0.15) is 0 Å². The second-order valence-corrected chi connectivity index (χ2v) is 6.92. The quantitative estimate of drug-likeness (QED) is 0.705. The predicted octanol–water partition coefficient (Wildman–Crippen LogP) is 4.76. The number of urea groups is 1. The molecule has 1 aliphatic rings. The number of halogens is 1.